The van der Waals surface area contributed by atoms with Crippen LogP contribution < -0.4 is 15.8 Å². The van der Waals surface area contributed by atoms with Crippen LogP contribution in [0.5, 0.6) is 5.75 Å². The molecule has 0 bridgehead atoms. The number of urea groups is 1. The van der Waals surface area contributed by atoms with Gasteiger partial charge in [-0.05, 0) is 43.4 Å². The average Bonchev–Trinajstić information content (AvgIpc) is 3.11. The highest BCUT2D eigenvalue weighted by molar-refractivity contribution is 6.04. The number of ether oxygens (including phenoxy) is 1. The number of nitrogens with two attached hydrogens (primary N) is 1. The standard InChI is InChI=1S/C23H24N2O4/c24-23(28)25-19-14-15-21(18-11-6-5-10-17(18)19)29-22(27)13-4-2-1-3-8-16-9-7-12-20(16)26/h1,3,5-6,9-11,14-15H,2,4,7-8,12-13H2,(H3,24,25,28). The lowest BCUT2D eigenvalue weighted by molar-refractivity contribution is -0.134. The fraction of sp³-hybridized carbons (Fsp3) is 0.261. The third kappa shape index (κ3) is 5.54. The Balaban J connectivity index is 1.52. The first-order valence-electron chi connectivity index (χ1n) is 9.70. The number of carbonyl (C=O) groups is 3. The van der Waals surface area contributed by atoms with Gasteiger partial charge < -0.3 is 15.8 Å². The van der Waals surface area contributed by atoms with Gasteiger partial charge in [0.2, 0.25) is 0 Å². The number of rotatable bonds is 8. The van der Waals surface area contributed by atoms with E-state index in [2.05, 4.69) is 5.32 Å². The van der Waals surface area contributed by atoms with E-state index in [-0.39, 0.29) is 11.8 Å². The summed E-state index contributed by atoms with van der Waals surface area (Å²) in [5, 5.41) is 4.04. The Kier molecular flexibility index (Phi) is 6.79. The Labute approximate surface area is 169 Å². The fourth-order valence-electron chi connectivity index (χ4n) is 3.32. The molecule has 0 aromatic heterocycles. The van der Waals surface area contributed by atoms with E-state index < -0.39 is 6.03 Å². The predicted octanol–water partition coefficient (Wildman–Crippen LogP) is 4.64. The zero-order chi connectivity index (χ0) is 20.6. The number of Topliss-reactive ketones (excluding diaryl/α,β-unsaturated/α-hetero) is 1. The minimum absolute atomic E-state index is 0.238. The molecule has 2 aromatic rings. The number of unbranched alkanes of at least 4 members (excludes halogenated alkanes) is 1. The molecule has 0 saturated carbocycles. The summed E-state index contributed by atoms with van der Waals surface area (Å²) < 4.78 is 5.53. The van der Waals surface area contributed by atoms with E-state index in [1.165, 1.54) is 0 Å². The molecule has 150 valence electrons. The van der Waals surface area contributed by atoms with Gasteiger partial charge in [0.05, 0.1) is 5.69 Å². The van der Waals surface area contributed by atoms with Gasteiger partial charge in [0, 0.05) is 23.6 Å². The molecule has 1 aliphatic rings. The summed E-state index contributed by atoms with van der Waals surface area (Å²) in [7, 11) is 0. The first kappa shape index (κ1) is 20.3. The second kappa shape index (κ2) is 9.68. The van der Waals surface area contributed by atoms with Gasteiger partial charge in [-0.3, -0.25) is 9.59 Å². The minimum atomic E-state index is -0.651. The van der Waals surface area contributed by atoms with E-state index >= 15 is 0 Å². The van der Waals surface area contributed by atoms with E-state index in [1.807, 2.05) is 42.5 Å². The minimum Gasteiger partial charge on any atom is -0.426 e. The van der Waals surface area contributed by atoms with Crippen LogP contribution in [0.4, 0.5) is 10.5 Å². The SMILES string of the molecule is NC(=O)Nc1ccc(OC(=O)CCCC=CCC2=CCCC2=O)c2ccccc12. The maximum absolute atomic E-state index is 12.2. The Morgan fingerprint density at radius 1 is 1.10 bits per heavy atom. The van der Waals surface area contributed by atoms with Crippen molar-refractivity contribution in [3.05, 3.63) is 60.2 Å². The molecule has 0 radical (unpaired) electrons. The Morgan fingerprint density at radius 3 is 2.62 bits per heavy atom. The highest BCUT2D eigenvalue weighted by Gasteiger charge is 2.13. The first-order chi connectivity index (χ1) is 14.0. The van der Waals surface area contributed by atoms with Crippen LogP contribution in [0, 0.1) is 0 Å². The Hall–Kier alpha value is -3.41. The van der Waals surface area contributed by atoms with E-state index in [1.54, 1.807) is 12.1 Å². The second-order valence-corrected chi connectivity index (χ2v) is 6.88. The molecule has 2 aromatic carbocycles. The molecule has 3 N–H and O–H groups in total. The topological polar surface area (TPSA) is 98.5 Å². The summed E-state index contributed by atoms with van der Waals surface area (Å²) >= 11 is 0. The number of hydrogen-bond acceptors (Lipinski definition) is 4. The van der Waals surface area contributed by atoms with Crippen molar-refractivity contribution in [1.82, 2.24) is 0 Å². The summed E-state index contributed by atoms with van der Waals surface area (Å²) in [5.74, 6) is 0.373. The highest BCUT2D eigenvalue weighted by atomic mass is 16.5. The quantitative estimate of drug-likeness (QED) is 0.296. The van der Waals surface area contributed by atoms with E-state index in [9.17, 15) is 14.4 Å². The molecule has 0 fully saturated rings. The van der Waals surface area contributed by atoms with Gasteiger partial charge >= 0.3 is 12.0 Å². The van der Waals surface area contributed by atoms with Crippen molar-refractivity contribution in [2.45, 2.75) is 38.5 Å². The molecule has 2 amide bonds. The van der Waals surface area contributed by atoms with Crippen LogP contribution in [0.1, 0.15) is 38.5 Å². The lowest BCUT2D eigenvalue weighted by atomic mass is 10.1. The largest absolute Gasteiger partial charge is 0.426 e. The van der Waals surface area contributed by atoms with Crippen LogP contribution in [0.15, 0.2) is 60.2 Å². The summed E-state index contributed by atoms with van der Waals surface area (Å²) in [6, 6.07) is 9.99. The number of benzene rings is 2. The molecular formula is C23H24N2O4. The molecule has 0 heterocycles. The van der Waals surface area contributed by atoms with Crippen molar-refractivity contribution in [1.29, 1.82) is 0 Å². The van der Waals surface area contributed by atoms with Crippen molar-refractivity contribution < 1.29 is 19.1 Å². The molecule has 0 unspecified atom stereocenters. The Bertz CT molecular complexity index is 992. The molecule has 29 heavy (non-hydrogen) atoms. The smallest absolute Gasteiger partial charge is 0.316 e. The van der Waals surface area contributed by atoms with Gasteiger partial charge in [-0.15, -0.1) is 0 Å². The summed E-state index contributed by atoms with van der Waals surface area (Å²) in [6.07, 6.45) is 9.84. The molecule has 0 atom stereocenters. The van der Waals surface area contributed by atoms with Gasteiger partial charge in [0.15, 0.2) is 5.78 Å². The maximum Gasteiger partial charge on any atom is 0.316 e. The van der Waals surface area contributed by atoms with Crippen LogP contribution in [0.25, 0.3) is 10.8 Å². The number of nitrogens with one attached hydrogen (secondary N) is 1. The van der Waals surface area contributed by atoms with Crippen molar-refractivity contribution in [3.8, 4) is 5.75 Å². The van der Waals surface area contributed by atoms with Crippen LogP contribution in [-0.2, 0) is 9.59 Å². The lowest BCUT2D eigenvalue weighted by Crippen LogP contribution is -2.19. The monoisotopic (exact) mass is 392 g/mol. The molecule has 0 saturated heterocycles. The number of esters is 1. The van der Waals surface area contributed by atoms with Crippen molar-refractivity contribution in [2.24, 2.45) is 5.73 Å². The van der Waals surface area contributed by atoms with Gasteiger partial charge in [0.1, 0.15) is 5.75 Å². The molecular weight excluding hydrogens is 368 g/mol. The molecule has 0 spiro atoms. The van der Waals surface area contributed by atoms with Gasteiger partial charge in [-0.1, -0.05) is 42.5 Å². The number of primary amides is 1. The van der Waals surface area contributed by atoms with E-state index in [0.717, 1.165) is 29.2 Å². The fourth-order valence-corrected chi connectivity index (χ4v) is 3.32. The number of amides is 2. The molecule has 1 aliphatic carbocycles. The molecule has 3 rings (SSSR count). The molecule has 0 aliphatic heterocycles. The van der Waals surface area contributed by atoms with Crippen LogP contribution in [-0.4, -0.2) is 17.8 Å². The van der Waals surface area contributed by atoms with Crippen LogP contribution in [0.2, 0.25) is 0 Å². The molecule has 6 nitrogen and oxygen atoms in total. The number of allylic oxidation sites excluding steroid dienone is 4. The molecule has 6 heteroatoms. The van der Waals surface area contributed by atoms with Crippen molar-refractivity contribution >= 4 is 34.2 Å². The average molecular weight is 392 g/mol. The third-order valence-corrected chi connectivity index (χ3v) is 4.74. The van der Waals surface area contributed by atoms with Crippen molar-refractivity contribution in [2.75, 3.05) is 5.32 Å². The Morgan fingerprint density at radius 2 is 1.90 bits per heavy atom. The highest BCUT2D eigenvalue weighted by Crippen LogP contribution is 2.31. The lowest BCUT2D eigenvalue weighted by Gasteiger charge is -2.11. The number of ketones is 1. The van der Waals surface area contributed by atoms with Gasteiger partial charge in [-0.25, -0.2) is 4.79 Å². The van der Waals surface area contributed by atoms with E-state index in [0.29, 0.717) is 37.1 Å². The zero-order valence-electron chi connectivity index (χ0n) is 16.1. The van der Waals surface area contributed by atoms with E-state index in [4.69, 9.17) is 10.5 Å². The normalized spacial score (nSPS) is 13.7. The van der Waals surface area contributed by atoms with Crippen LogP contribution >= 0.6 is 0 Å². The number of hydrogen-bond donors (Lipinski definition) is 2. The first-order valence-corrected chi connectivity index (χ1v) is 9.70. The second-order valence-electron chi connectivity index (χ2n) is 6.88. The van der Waals surface area contributed by atoms with Crippen LogP contribution in [0.3, 0.4) is 0 Å². The number of anilines is 1. The summed E-state index contributed by atoms with van der Waals surface area (Å²) in [4.78, 5) is 34.9. The van der Waals surface area contributed by atoms with Gasteiger partial charge in [-0.2, -0.15) is 0 Å². The third-order valence-electron chi connectivity index (χ3n) is 4.74. The summed E-state index contributed by atoms with van der Waals surface area (Å²) in [5.41, 5.74) is 6.66. The predicted molar refractivity (Wildman–Crippen MR) is 113 cm³/mol. The number of carbonyl (C=O) groups excluding carboxylic acids is 3. The zero-order valence-corrected chi connectivity index (χ0v) is 16.1. The van der Waals surface area contributed by atoms with Crippen molar-refractivity contribution in [3.63, 3.8) is 0 Å². The number of fused-ring (bicyclic) bond motifs is 1. The van der Waals surface area contributed by atoms with Gasteiger partial charge in [0.25, 0.3) is 0 Å². The summed E-state index contributed by atoms with van der Waals surface area (Å²) in [6.45, 7) is 0. The maximum atomic E-state index is 12.2.